The zero-order valence-corrected chi connectivity index (χ0v) is 54.2. The van der Waals surface area contributed by atoms with Gasteiger partial charge >= 0.3 is 12.1 Å². The van der Waals surface area contributed by atoms with Gasteiger partial charge in [0.2, 0.25) is 5.91 Å². The van der Waals surface area contributed by atoms with Gasteiger partial charge in [-0.05, 0) is 105 Å². The number of aryl methyl sites for hydroxylation is 1. The predicted molar refractivity (Wildman–Crippen MR) is 347 cm³/mol. The largest absolute Gasteiger partial charge is 0.480 e. The molecule has 5 aromatic rings. The van der Waals surface area contributed by atoms with Gasteiger partial charge in [0, 0.05) is 56.5 Å². The van der Waals surface area contributed by atoms with Crippen molar-refractivity contribution in [1.29, 1.82) is 0 Å². The zero-order valence-electron chi connectivity index (χ0n) is 53.4. The number of carboxylic acids is 1. The van der Waals surface area contributed by atoms with E-state index in [9.17, 15) is 19.5 Å². The van der Waals surface area contributed by atoms with Crippen molar-refractivity contribution in [3.63, 3.8) is 0 Å². The van der Waals surface area contributed by atoms with Crippen LogP contribution in [0.5, 0.6) is 0 Å². The van der Waals surface area contributed by atoms with E-state index >= 15 is 0 Å². The Bertz CT molecular complexity index is 2850. The molecule has 2 aliphatic heterocycles. The van der Waals surface area contributed by atoms with Crippen molar-refractivity contribution in [1.82, 2.24) is 30.1 Å². The van der Waals surface area contributed by atoms with Crippen LogP contribution in [-0.2, 0) is 79.4 Å². The van der Waals surface area contributed by atoms with E-state index in [0.717, 1.165) is 123 Å². The molecule has 91 heavy (non-hydrogen) atoms. The third-order valence-corrected chi connectivity index (χ3v) is 17.8. The van der Waals surface area contributed by atoms with Gasteiger partial charge in [-0.1, -0.05) is 61.9 Å². The molecule has 0 bridgehead atoms. The number of amides is 2. The van der Waals surface area contributed by atoms with Gasteiger partial charge in [-0.25, -0.2) is 19.6 Å². The van der Waals surface area contributed by atoms with Crippen LogP contribution in [0.3, 0.4) is 0 Å². The van der Waals surface area contributed by atoms with Gasteiger partial charge in [-0.3, -0.25) is 4.79 Å². The molecule has 3 aromatic heterocycles. The zero-order chi connectivity index (χ0) is 63.5. The van der Waals surface area contributed by atoms with Crippen molar-refractivity contribution >= 4 is 56.4 Å². The fourth-order valence-electron chi connectivity index (χ4n) is 11.6. The molecule has 2 fully saturated rings. The fraction of sp³-hybridized carbons (Fsp3) is 0.657. The number of nitrogens with two attached hydrogens (primary N) is 1. The summed E-state index contributed by atoms with van der Waals surface area (Å²) in [6.45, 7) is 17.6. The van der Waals surface area contributed by atoms with Gasteiger partial charge in [0.25, 0.3) is 0 Å². The van der Waals surface area contributed by atoms with E-state index in [-0.39, 0.29) is 37.9 Å². The Morgan fingerprint density at radius 2 is 1.21 bits per heavy atom. The average Bonchev–Trinajstić information content (AvgIpc) is 1.62. The number of anilines is 1. The second-order valence-corrected chi connectivity index (χ2v) is 24.1. The summed E-state index contributed by atoms with van der Waals surface area (Å²) in [5.74, 6) is 1.35. The van der Waals surface area contributed by atoms with Gasteiger partial charge < -0.3 is 87.8 Å². The summed E-state index contributed by atoms with van der Waals surface area (Å²) in [4.78, 5) is 50.6. The number of unbranched alkanes of at least 4 members (excludes halogenated alkanes) is 2. The highest BCUT2D eigenvalue weighted by Gasteiger charge is 2.31. The summed E-state index contributed by atoms with van der Waals surface area (Å²) in [6.07, 6.45) is 8.25. The number of thiophene rings is 1. The molecule has 8 rings (SSSR count). The van der Waals surface area contributed by atoms with Crippen LogP contribution in [0.1, 0.15) is 105 Å². The summed E-state index contributed by atoms with van der Waals surface area (Å²) >= 11 is 1.90. The summed E-state index contributed by atoms with van der Waals surface area (Å²) in [7, 11) is 0. The highest BCUT2D eigenvalue weighted by molar-refractivity contribution is 7.20. The third kappa shape index (κ3) is 24.1. The minimum absolute atomic E-state index is 0.0959. The third-order valence-electron chi connectivity index (χ3n) is 16.6. The van der Waals surface area contributed by atoms with E-state index in [1.54, 1.807) is 0 Å². The van der Waals surface area contributed by atoms with Gasteiger partial charge in [-0.2, -0.15) is 0 Å². The second-order valence-electron chi connectivity index (χ2n) is 23.1. The summed E-state index contributed by atoms with van der Waals surface area (Å²) in [5.41, 5.74) is 14.0. The summed E-state index contributed by atoms with van der Waals surface area (Å²) in [6, 6.07) is 17.2. The number of benzene rings is 2. The number of carboxylic acid groups (broad SMARTS) is 1. The number of pyridine rings is 1. The Balaban J connectivity index is 0.509. The molecule has 5 heterocycles. The molecule has 504 valence electrons. The lowest BCUT2D eigenvalue weighted by Gasteiger charge is -2.31. The van der Waals surface area contributed by atoms with Crippen molar-refractivity contribution in [2.45, 2.75) is 102 Å². The number of ether oxygens (including phenoxy) is 12. The van der Waals surface area contributed by atoms with Crippen molar-refractivity contribution in [3.05, 3.63) is 76.4 Å². The Kier molecular flexibility index (Phi) is 32.4. The van der Waals surface area contributed by atoms with Gasteiger partial charge in [0.15, 0.2) is 5.82 Å². The molecule has 3 aliphatic rings. The van der Waals surface area contributed by atoms with Crippen LogP contribution < -0.4 is 16.4 Å². The fourth-order valence-corrected chi connectivity index (χ4v) is 12.9. The Morgan fingerprint density at radius 1 is 0.681 bits per heavy atom. The lowest BCUT2D eigenvalue weighted by Crippen LogP contribution is -2.41. The summed E-state index contributed by atoms with van der Waals surface area (Å²) in [5, 5.41) is 15.0. The van der Waals surface area contributed by atoms with E-state index in [0.29, 0.717) is 163 Å². The maximum atomic E-state index is 12.6. The van der Waals surface area contributed by atoms with Crippen LogP contribution in [0.2, 0.25) is 0 Å². The number of aromatic nitrogens is 3. The van der Waals surface area contributed by atoms with E-state index in [2.05, 4.69) is 33.1 Å². The molecule has 2 amide bonds. The number of hydrogen-bond donors (Lipinski definition) is 4. The minimum atomic E-state index is -1.14. The first kappa shape index (κ1) is 71.4. The number of rotatable bonds is 48. The number of fused-ring (bicyclic) bond motifs is 6. The van der Waals surface area contributed by atoms with E-state index in [1.165, 1.54) is 15.1 Å². The first-order valence-electron chi connectivity index (χ1n) is 33.0. The number of likely N-dealkylation sites (tertiary alicyclic amines) is 1. The molecule has 2 saturated heterocycles. The first-order chi connectivity index (χ1) is 44.8. The Morgan fingerprint density at radius 3 is 1.75 bits per heavy atom. The molecule has 0 unspecified atom stereocenters. The number of piperidine rings is 1. The predicted octanol–water partition coefficient (Wildman–Crippen LogP) is 8.01. The van der Waals surface area contributed by atoms with Crippen LogP contribution in [0, 0.1) is 5.92 Å². The molecular weight excluding hydrogens is 1190 g/mol. The van der Waals surface area contributed by atoms with Crippen molar-refractivity contribution in [2.75, 3.05) is 184 Å². The molecule has 0 radical (unpaired) electrons. The SMILES string of the molecule is CCCCc1nc2c(N)nc3cc(C4CCN(CCOCCOCCOCCOCCOCCOCCOCCOCCOCCOCCC(=O)NCCCC[C@H](NC(=O)OCC5c6ccccc6-c6ccccc65)C(=O)O)CC4)sc3c2n1CC1CCOCC1. The van der Waals surface area contributed by atoms with Crippen LogP contribution in [0.4, 0.5) is 10.6 Å². The maximum Gasteiger partial charge on any atom is 0.407 e. The monoisotopic (exact) mass is 1290 g/mol. The molecule has 23 nitrogen and oxygen atoms in total. The van der Waals surface area contributed by atoms with E-state index in [1.807, 2.05) is 59.9 Å². The molecule has 5 N–H and O–H groups in total. The number of carbonyl (C=O) groups excluding carboxylic acids is 2. The number of nitrogens with zero attached hydrogens (tertiary/aromatic N) is 4. The lowest BCUT2D eigenvalue weighted by molar-refractivity contribution is -0.139. The van der Waals surface area contributed by atoms with E-state index in [4.69, 9.17) is 72.5 Å². The number of imidazole rings is 1. The maximum absolute atomic E-state index is 12.6. The highest BCUT2D eigenvalue weighted by atomic mass is 32.1. The number of carbonyl (C=O) groups is 3. The molecule has 2 aromatic carbocycles. The van der Waals surface area contributed by atoms with Gasteiger partial charge in [0.05, 0.1) is 148 Å². The second kappa shape index (κ2) is 41.3. The van der Waals surface area contributed by atoms with Crippen LogP contribution in [0.25, 0.3) is 32.4 Å². The standard InChI is InChI=1S/C67H99N7O16S/c1-2-3-15-60-72-62-63(74(60)48-50-18-25-79-26-19-50)64-58(70-65(62)68)47-59(91-64)51-16-22-73(23-17-51)24-28-81-30-32-83-34-36-85-38-40-87-42-44-89-46-45-88-43-41-86-39-37-84-35-33-82-31-29-80-27-20-61(75)69-21-9-8-14-57(66(76)77)71-67(78)90-49-56-54-12-6-4-10-52(54)53-11-5-7-13-55(53)56/h4-7,10-13,47,50-51,56-57H,2-3,8-9,14-46,48-49H2,1H3,(H2,68,70)(H,69,75)(H,71,78)(H,76,77)/t57-/m0/s1. The quantitative estimate of drug-likeness (QED) is 0.0269. The van der Waals surface area contributed by atoms with Crippen molar-refractivity contribution < 1.29 is 76.3 Å². The number of aliphatic carboxylic acids is 1. The number of alkyl carbamates (subject to hydrolysis) is 1. The minimum Gasteiger partial charge on any atom is -0.480 e. The number of nitrogens with one attached hydrogen (secondary N) is 2. The summed E-state index contributed by atoms with van der Waals surface area (Å²) < 4.78 is 71.0. The van der Waals surface area contributed by atoms with Crippen molar-refractivity contribution in [2.24, 2.45) is 5.92 Å². The smallest absolute Gasteiger partial charge is 0.407 e. The van der Waals surface area contributed by atoms with Crippen molar-refractivity contribution in [3.8, 4) is 11.1 Å². The Labute approximate surface area is 539 Å². The topological polar surface area (TPSA) is 266 Å². The van der Waals surface area contributed by atoms with Gasteiger partial charge in [-0.15, -0.1) is 11.3 Å². The molecule has 1 atom stereocenters. The first-order valence-corrected chi connectivity index (χ1v) is 33.9. The van der Waals surface area contributed by atoms with E-state index < -0.39 is 18.1 Å². The van der Waals surface area contributed by atoms with Crippen LogP contribution >= 0.6 is 11.3 Å². The Hall–Kier alpha value is -5.45. The van der Waals surface area contributed by atoms with Crippen LogP contribution in [-0.4, -0.2) is 227 Å². The molecule has 0 spiro atoms. The molecule has 1 aliphatic carbocycles. The average molecular weight is 1290 g/mol. The number of nitrogen functional groups attached to an aromatic ring is 1. The molecule has 24 heteroatoms. The number of hydrogen-bond acceptors (Lipinski definition) is 20. The lowest BCUT2D eigenvalue weighted by atomic mass is 9.95. The molecular formula is C67H99N7O16S. The normalized spacial score (nSPS) is 15.2. The van der Waals surface area contributed by atoms with Crippen LogP contribution in [0.15, 0.2) is 54.6 Å². The molecule has 0 saturated carbocycles. The highest BCUT2D eigenvalue weighted by Crippen LogP contribution is 2.45. The van der Waals surface area contributed by atoms with Gasteiger partial charge in [0.1, 0.15) is 24.0 Å².